The molecule has 4 nitrogen and oxygen atoms in total. The smallest absolute Gasteiger partial charge is 0.181 e. The summed E-state index contributed by atoms with van der Waals surface area (Å²) in [6.07, 6.45) is 3.36. The monoisotopic (exact) mass is 208 g/mol. The second-order valence-corrected chi connectivity index (χ2v) is 3.91. The average molecular weight is 208 g/mol. The number of hydrogen-bond donors (Lipinski definition) is 0. The van der Waals surface area contributed by atoms with Crippen LogP contribution in [0.4, 0.5) is 0 Å². The maximum Gasteiger partial charge on any atom is 0.181 e. The lowest BCUT2D eigenvalue weighted by Crippen LogP contribution is -1.92. The van der Waals surface area contributed by atoms with Crippen molar-refractivity contribution in [2.45, 2.75) is 6.54 Å². The molecular formula is C12H8N4. The van der Waals surface area contributed by atoms with Crippen molar-refractivity contribution < 1.29 is 0 Å². The molecule has 0 bridgehead atoms. The Morgan fingerprint density at radius 2 is 2.12 bits per heavy atom. The van der Waals surface area contributed by atoms with E-state index in [0.717, 1.165) is 23.5 Å². The lowest BCUT2D eigenvalue weighted by atomic mass is 10.1. The maximum absolute atomic E-state index is 4.55. The Kier molecular flexibility index (Phi) is 1.33. The fourth-order valence-corrected chi connectivity index (χ4v) is 2.28. The first kappa shape index (κ1) is 7.98. The molecule has 3 heterocycles. The van der Waals surface area contributed by atoms with Crippen LogP contribution in [0.1, 0.15) is 5.56 Å². The molecule has 0 atom stereocenters. The van der Waals surface area contributed by atoms with E-state index in [1.54, 1.807) is 0 Å². The van der Waals surface area contributed by atoms with Crippen molar-refractivity contribution in [2.24, 2.45) is 0 Å². The third-order valence-corrected chi connectivity index (χ3v) is 3.02. The van der Waals surface area contributed by atoms with Crippen LogP contribution in [0.25, 0.3) is 22.6 Å². The van der Waals surface area contributed by atoms with Crippen LogP contribution in [0.2, 0.25) is 0 Å². The second-order valence-electron chi connectivity index (χ2n) is 3.91. The minimum Gasteiger partial charge on any atom is -0.317 e. The molecule has 0 spiro atoms. The Hall–Kier alpha value is -2.23. The highest BCUT2D eigenvalue weighted by Gasteiger charge is 2.22. The van der Waals surface area contributed by atoms with Crippen LogP contribution < -0.4 is 0 Å². The molecule has 0 fully saturated rings. The van der Waals surface area contributed by atoms with Gasteiger partial charge in [0.2, 0.25) is 0 Å². The second kappa shape index (κ2) is 2.66. The molecule has 0 radical (unpaired) electrons. The zero-order valence-electron chi connectivity index (χ0n) is 8.46. The molecule has 0 aliphatic carbocycles. The van der Waals surface area contributed by atoms with E-state index < -0.39 is 0 Å². The minimum absolute atomic E-state index is 0.777. The summed E-state index contributed by atoms with van der Waals surface area (Å²) < 4.78 is 2.17. The summed E-state index contributed by atoms with van der Waals surface area (Å²) in [5.74, 6) is 1.01. The maximum atomic E-state index is 4.55. The molecule has 0 N–H and O–H groups in total. The van der Waals surface area contributed by atoms with E-state index in [4.69, 9.17) is 0 Å². The van der Waals surface area contributed by atoms with E-state index in [1.165, 1.54) is 17.5 Å². The van der Waals surface area contributed by atoms with Crippen LogP contribution >= 0.6 is 0 Å². The minimum atomic E-state index is 0.777. The molecule has 1 aliphatic heterocycles. The Balaban J connectivity index is 2.12. The SMILES string of the molecule is c1ccc2c(c1)Cn1c-2nc2ncncc21. The third-order valence-electron chi connectivity index (χ3n) is 3.02. The van der Waals surface area contributed by atoms with Crippen LogP contribution in [-0.4, -0.2) is 19.5 Å². The number of fused-ring (bicyclic) bond motifs is 5. The molecule has 76 valence electrons. The van der Waals surface area contributed by atoms with Gasteiger partial charge in [0.05, 0.1) is 12.7 Å². The number of rotatable bonds is 0. The van der Waals surface area contributed by atoms with E-state index in [2.05, 4.69) is 37.7 Å². The van der Waals surface area contributed by atoms with Crippen molar-refractivity contribution in [3.8, 4) is 11.4 Å². The summed E-state index contributed by atoms with van der Waals surface area (Å²) >= 11 is 0. The average Bonchev–Trinajstić information content (AvgIpc) is 2.85. The summed E-state index contributed by atoms with van der Waals surface area (Å²) in [6.45, 7) is 0.870. The van der Waals surface area contributed by atoms with Gasteiger partial charge in [-0.2, -0.15) is 0 Å². The first-order valence-electron chi connectivity index (χ1n) is 5.18. The molecule has 2 aromatic heterocycles. The molecule has 0 unspecified atom stereocenters. The fourth-order valence-electron chi connectivity index (χ4n) is 2.28. The lowest BCUT2D eigenvalue weighted by molar-refractivity contribution is 0.876. The van der Waals surface area contributed by atoms with Crippen molar-refractivity contribution in [3.63, 3.8) is 0 Å². The van der Waals surface area contributed by atoms with Crippen LogP contribution in [0.3, 0.4) is 0 Å². The first-order valence-corrected chi connectivity index (χ1v) is 5.18. The van der Waals surface area contributed by atoms with Gasteiger partial charge in [-0.3, -0.25) is 0 Å². The molecule has 0 saturated heterocycles. The van der Waals surface area contributed by atoms with E-state index >= 15 is 0 Å². The van der Waals surface area contributed by atoms with Gasteiger partial charge in [-0.1, -0.05) is 24.3 Å². The molecule has 4 rings (SSSR count). The summed E-state index contributed by atoms with van der Waals surface area (Å²) in [4.78, 5) is 12.8. The zero-order valence-corrected chi connectivity index (χ0v) is 8.46. The molecule has 0 saturated carbocycles. The molecule has 1 aromatic carbocycles. The lowest BCUT2D eigenvalue weighted by Gasteiger charge is -1.96. The highest BCUT2D eigenvalue weighted by molar-refractivity contribution is 5.79. The van der Waals surface area contributed by atoms with Crippen molar-refractivity contribution in [1.82, 2.24) is 19.5 Å². The number of benzene rings is 1. The molecular weight excluding hydrogens is 200 g/mol. The van der Waals surface area contributed by atoms with E-state index in [0.29, 0.717) is 0 Å². The highest BCUT2D eigenvalue weighted by atomic mass is 15.1. The predicted molar refractivity (Wildman–Crippen MR) is 59.9 cm³/mol. The van der Waals surface area contributed by atoms with Gasteiger partial charge in [-0.25, -0.2) is 15.0 Å². The van der Waals surface area contributed by atoms with Crippen LogP contribution in [0.5, 0.6) is 0 Å². The summed E-state index contributed by atoms with van der Waals surface area (Å²) in [7, 11) is 0. The van der Waals surface area contributed by atoms with Gasteiger partial charge < -0.3 is 4.57 Å². The molecule has 3 aromatic rings. The zero-order chi connectivity index (χ0) is 10.5. The van der Waals surface area contributed by atoms with Crippen LogP contribution in [0.15, 0.2) is 36.8 Å². The van der Waals surface area contributed by atoms with Gasteiger partial charge in [-0.05, 0) is 5.56 Å². The number of nitrogens with zero attached hydrogens (tertiary/aromatic N) is 4. The fraction of sp³-hybridized carbons (Fsp3) is 0.0833. The number of hydrogen-bond acceptors (Lipinski definition) is 3. The quantitative estimate of drug-likeness (QED) is 0.443. The van der Waals surface area contributed by atoms with Gasteiger partial charge in [0, 0.05) is 5.56 Å². The van der Waals surface area contributed by atoms with Crippen LogP contribution in [0, 0.1) is 0 Å². The summed E-state index contributed by atoms with van der Waals surface area (Å²) in [6, 6.07) is 8.34. The van der Waals surface area contributed by atoms with Gasteiger partial charge in [0.1, 0.15) is 17.7 Å². The van der Waals surface area contributed by atoms with E-state index in [9.17, 15) is 0 Å². The summed E-state index contributed by atoms with van der Waals surface area (Å²) in [5, 5.41) is 0. The highest BCUT2D eigenvalue weighted by Crippen LogP contribution is 2.33. The van der Waals surface area contributed by atoms with Gasteiger partial charge in [-0.15, -0.1) is 0 Å². The Bertz CT molecular complexity index is 699. The Labute approximate surface area is 91.6 Å². The first-order chi connectivity index (χ1) is 7.93. The number of aromatic nitrogens is 4. The largest absolute Gasteiger partial charge is 0.317 e. The van der Waals surface area contributed by atoms with Crippen molar-refractivity contribution >= 4 is 11.2 Å². The molecule has 1 aliphatic rings. The molecule has 0 amide bonds. The van der Waals surface area contributed by atoms with Gasteiger partial charge in [0.25, 0.3) is 0 Å². The Morgan fingerprint density at radius 1 is 1.19 bits per heavy atom. The van der Waals surface area contributed by atoms with Gasteiger partial charge >= 0.3 is 0 Å². The predicted octanol–water partition coefficient (Wildman–Crippen LogP) is 1.85. The third kappa shape index (κ3) is 0.863. The topological polar surface area (TPSA) is 43.6 Å². The standard InChI is InChI=1S/C12H8N4/c1-2-4-9-8(3-1)6-16-10-5-13-7-14-11(10)15-12(9)16/h1-5,7H,6H2. The summed E-state index contributed by atoms with van der Waals surface area (Å²) in [5.41, 5.74) is 4.31. The van der Waals surface area contributed by atoms with Crippen molar-refractivity contribution in [1.29, 1.82) is 0 Å². The van der Waals surface area contributed by atoms with Crippen molar-refractivity contribution in [3.05, 3.63) is 42.4 Å². The van der Waals surface area contributed by atoms with Gasteiger partial charge in [0.15, 0.2) is 5.65 Å². The van der Waals surface area contributed by atoms with E-state index in [-0.39, 0.29) is 0 Å². The van der Waals surface area contributed by atoms with Crippen molar-refractivity contribution in [2.75, 3.05) is 0 Å². The van der Waals surface area contributed by atoms with E-state index in [1.807, 2.05) is 12.3 Å². The number of imidazole rings is 1. The molecule has 4 heteroatoms. The molecule has 16 heavy (non-hydrogen) atoms. The normalized spacial score (nSPS) is 12.8. The Morgan fingerprint density at radius 3 is 3.12 bits per heavy atom. The van der Waals surface area contributed by atoms with Crippen LogP contribution in [-0.2, 0) is 6.54 Å².